The minimum absolute atomic E-state index is 0.179. The first-order valence-corrected chi connectivity index (χ1v) is 5.74. The SMILES string of the molecule is Cc1nc(I)c(O)cc1-c1ccc(N)nc1. The van der Waals surface area contributed by atoms with E-state index in [1.807, 2.05) is 35.6 Å². The highest BCUT2D eigenvalue weighted by molar-refractivity contribution is 14.1. The Morgan fingerprint density at radius 3 is 2.75 bits per heavy atom. The van der Waals surface area contributed by atoms with E-state index < -0.39 is 0 Å². The Labute approximate surface area is 107 Å². The number of rotatable bonds is 1. The molecule has 0 saturated carbocycles. The number of halogens is 1. The second-order valence-corrected chi connectivity index (χ2v) is 4.42. The van der Waals surface area contributed by atoms with Gasteiger partial charge >= 0.3 is 0 Å². The number of aromatic nitrogens is 2. The zero-order valence-electron chi connectivity index (χ0n) is 8.61. The van der Waals surface area contributed by atoms with Crippen molar-refractivity contribution in [1.82, 2.24) is 9.97 Å². The number of nitrogens with zero attached hydrogens (tertiary/aromatic N) is 2. The summed E-state index contributed by atoms with van der Waals surface area (Å²) >= 11 is 1.99. The molecule has 5 heteroatoms. The van der Waals surface area contributed by atoms with Crippen LogP contribution in [0.15, 0.2) is 24.4 Å². The maximum Gasteiger partial charge on any atom is 0.148 e. The molecule has 2 aromatic rings. The smallest absolute Gasteiger partial charge is 0.148 e. The van der Waals surface area contributed by atoms with Gasteiger partial charge in [0.2, 0.25) is 0 Å². The number of hydrogen-bond acceptors (Lipinski definition) is 4. The number of nitrogens with two attached hydrogens (primary N) is 1. The maximum absolute atomic E-state index is 9.63. The maximum atomic E-state index is 9.63. The summed E-state index contributed by atoms with van der Waals surface area (Å²) in [5.74, 6) is 0.655. The van der Waals surface area contributed by atoms with E-state index in [-0.39, 0.29) is 5.75 Å². The van der Waals surface area contributed by atoms with Gasteiger partial charge in [-0.05, 0) is 47.7 Å². The van der Waals surface area contributed by atoms with Crippen molar-refractivity contribution in [2.75, 3.05) is 5.73 Å². The van der Waals surface area contributed by atoms with Crippen LogP contribution in [0.5, 0.6) is 5.75 Å². The van der Waals surface area contributed by atoms with Crippen molar-refractivity contribution in [2.24, 2.45) is 0 Å². The molecule has 0 bridgehead atoms. The third kappa shape index (κ3) is 2.08. The average Bonchev–Trinajstić information content (AvgIpc) is 2.25. The summed E-state index contributed by atoms with van der Waals surface area (Å²) in [5, 5.41) is 9.63. The average molecular weight is 327 g/mol. The minimum Gasteiger partial charge on any atom is -0.505 e. The zero-order chi connectivity index (χ0) is 11.7. The Hall–Kier alpha value is -1.37. The molecule has 0 aliphatic carbocycles. The van der Waals surface area contributed by atoms with Crippen LogP contribution in [0.25, 0.3) is 11.1 Å². The number of aryl methyl sites for hydroxylation is 1. The van der Waals surface area contributed by atoms with Crippen molar-refractivity contribution in [2.45, 2.75) is 6.92 Å². The molecule has 0 atom stereocenters. The molecule has 0 unspecified atom stereocenters. The Bertz CT molecular complexity index is 525. The molecule has 4 nitrogen and oxygen atoms in total. The molecule has 82 valence electrons. The summed E-state index contributed by atoms with van der Waals surface area (Å²) < 4.78 is 0.599. The highest BCUT2D eigenvalue weighted by Gasteiger charge is 2.08. The van der Waals surface area contributed by atoms with Crippen LogP contribution in [0.2, 0.25) is 0 Å². The quantitative estimate of drug-likeness (QED) is 0.623. The van der Waals surface area contributed by atoms with Gasteiger partial charge in [0.15, 0.2) is 0 Å². The van der Waals surface area contributed by atoms with Crippen LogP contribution in [0.4, 0.5) is 5.82 Å². The predicted molar refractivity (Wildman–Crippen MR) is 71.0 cm³/mol. The lowest BCUT2D eigenvalue weighted by Crippen LogP contribution is -1.93. The highest BCUT2D eigenvalue weighted by Crippen LogP contribution is 2.28. The van der Waals surface area contributed by atoms with Crippen molar-refractivity contribution >= 4 is 28.4 Å². The van der Waals surface area contributed by atoms with E-state index in [9.17, 15) is 5.11 Å². The largest absolute Gasteiger partial charge is 0.505 e. The molecule has 0 aromatic carbocycles. The number of hydrogen-bond donors (Lipinski definition) is 2. The van der Waals surface area contributed by atoms with Gasteiger partial charge in [-0.2, -0.15) is 0 Å². The Balaban J connectivity index is 2.56. The first-order valence-electron chi connectivity index (χ1n) is 4.66. The fourth-order valence-corrected chi connectivity index (χ4v) is 1.94. The summed E-state index contributed by atoms with van der Waals surface area (Å²) in [6, 6.07) is 5.28. The Kier molecular flexibility index (Phi) is 2.95. The summed E-state index contributed by atoms with van der Waals surface area (Å²) in [7, 11) is 0. The molecule has 2 aromatic heterocycles. The third-order valence-corrected chi connectivity index (χ3v) is 3.04. The Morgan fingerprint density at radius 2 is 2.12 bits per heavy atom. The molecule has 0 aliphatic heterocycles. The van der Waals surface area contributed by atoms with Crippen molar-refractivity contribution in [3.63, 3.8) is 0 Å². The van der Waals surface area contributed by atoms with Gasteiger partial charge in [0.05, 0.1) is 0 Å². The van der Waals surface area contributed by atoms with Crippen LogP contribution < -0.4 is 5.73 Å². The lowest BCUT2D eigenvalue weighted by atomic mass is 10.1. The van der Waals surface area contributed by atoms with Crippen LogP contribution >= 0.6 is 22.6 Å². The molecule has 0 fully saturated rings. The van der Waals surface area contributed by atoms with Gasteiger partial charge in [-0.15, -0.1) is 0 Å². The zero-order valence-corrected chi connectivity index (χ0v) is 10.8. The van der Waals surface area contributed by atoms with Crippen LogP contribution in [0, 0.1) is 10.6 Å². The lowest BCUT2D eigenvalue weighted by molar-refractivity contribution is 0.468. The second-order valence-electron chi connectivity index (χ2n) is 3.40. The van der Waals surface area contributed by atoms with E-state index in [0.717, 1.165) is 16.8 Å². The van der Waals surface area contributed by atoms with Gasteiger partial charge in [0.1, 0.15) is 15.3 Å². The summed E-state index contributed by atoms with van der Waals surface area (Å²) in [4.78, 5) is 8.26. The van der Waals surface area contributed by atoms with E-state index in [2.05, 4.69) is 9.97 Å². The Morgan fingerprint density at radius 1 is 1.38 bits per heavy atom. The summed E-state index contributed by atoms with van der Waals surface area (Å²) in [6.07, 6.45) is 1.67. The third-order valence-electron chi connectivity index (χ3n) is 2.25. The van der Waals surface area contributed by atoms with Gasteiger partial charge in [0.25, 0.3) is 0 Å². The molecule has 0 aliphatic rings. The van der Waals surface area contributed by atoms with Crippen LogP contribution in [-0.2, 0) is 0 Å². The normalized spacial score (nSPS) is 10.4. The van der Waals surface area contributed by atoms with Gasteiger partial charge in [-0.3, -0.25) is 0 Å². The first-order chi connectivity index (χ1) is 7.58. The highest BCUT2D eigenvalue weighted by atomic mass is 127. The molecule has 16 heavy (non-hydrogen) atoms. The van der Waals surface area contributed by atoms with E-state index in [0.29, 0.717) is 9.52 Å². The molecular formula is C11H10IN3O. The number of nitrogen functional groups attached to an aromatic ring is 1. The molecule has 2 heterocycles. The number of pyridine rings is 2. The summed E-state index contributed by atoms with van der Waals surface area (Å²) in [6.45, 7) is 1.90. The molecule has 2 rings (SSSR count). The van der Waals surface area contributed by atoms with Crippen LogP contribution in [-0.4, -0.2) is 15.1 Å². The van der Waals surface area contributed by atoms with E-state index in [1.165, 1.54) is 0 Å². The monoisotopic (exact) mass is 327 g/mol. The summed E-state index contributed by atoms with van der Waals surface area (Å²) in [5.41, 5.74) is 8.14. The standard InChI is InChI=1S/C11H10IN3O/c1-6-8(4-9(16)11(12)15-6)7-2-3-10(13)14-5-7/h2-5,16H,1H3,(H2,13,14). The van der Waals surface area contributed by atoms with Crippen molar-refractivity contribution < 1.29 is 5.11 Å². The van der Waals surface area contributed by atoms with E-state index >= 15 is 0 Å². The van der Waals surface area contributed by atoms with Crippen molar-refractivity contribution in [1.29, 1.82) is 0 Å². The first kappa shape index (κ1) is 11.1. The van der Waals surface area contributed by atoms with Gasteiger partial charge < -0.3 is 10.8 Å². The van der Waals surface area contributed by atoms with Crippen molar-refractivity contribution in [3.8, 4) is 16.9 Å². The van der Waals surface area contributed by atoms with E-state index in [1.54, 1.807) is 18.3 Å². The molecule has 3 N–H and O–H groups in total. The van der Waals surface area contributed by atoms with Gasteiger partial charge in [-0.25, -0.2) is 9.97 Å². The van der Waals surface area contributed by atoms with Crippen molar-refractivity contribution in [3.05, 3.63) is 33.8 Å². The van der Waals surface area contributed by atoms with Gasteiger partial charge in [0, 0.05) is 23.0 Å². The van der Waals surface area contributed by atoms with E-state index in [4.69, 9.17) is 5.73 Å². The topological polar surface area (TPSA) is 72.0 Å². The lowest BCUT2D eigenvalue weighted by Gasteiger charge is -2.07. The molecule has 0 saturated heterocycles. The second kappa shape index (κ2) is 4.25. The molecule has 0 amide bonds. The molecular weight excluding hydrogens is 317 g/mol. The van der Waals surface area contributed by atoms with Gasteiger partial charge in [-0.1, -0.05) is 0 Å². The predicted octanol–water partition coefficient (Wildman–Crippen LogP) is 2.34. The molecule has 0 radical (unpaired) electrons. The van der Waals surface area contributed by atoms with Crippen LogP contribution in [0.1, 0.15) is 5.69 Å². The number of anilines is 1. The number of aromatic hydroxyl groups is 1. The van der Waals surface area contributed by atoms with Crippen LogP contribution in [0.3, 0.4) is 0 Å². The fourth-order valence-electron chi connectivity index (χ4n) is 1.42. The molecule has 0 spiro atoms. The minimum atomic E-state index is 0.179. The fraction of sp³-hybridized carbons (Fsp3) is 0.0909.